The first-order valence-electron chi connectivity index (χ1n) is 10.5. The van der Waals surface area contributed by atoms with E-state index in [-0.39, 0.29) is 36.0 Å². The summed E-state index contributed by atoms with van der Waals surface area (Å²) in [5.41, 5.74) is 0. The van der Waals surface area contributed by atoms with E-state index in [4.69, 9.17) is 5.11 Å². The number of ether oxygens (including phenoxy) is 1. The Morgan fingerprint density at radius 3 is 1.42 bits per heavy atom. The smallest absolute Gasteiger partial charge is 0.342 e. The van der Waals surface area contributed by atoms with Gasteiger partial charge in [-0.1, -0.05) is 96.8 Å². The molecule has 0 fully saturated rings. The molecular weight excluding hydrogens is 339 g/mol. The minimum absolute atomic E-state index is 0. The molecule has 0 aliphatic carbocycles. The Hall–Kier alpha value is 0.1000. The van der Waals surface area contributed by atoms with Crippen LogP contribution in [0.3, 0.4) is 0 Å². The molecule has 0 aromatic carbocycles. The maximum Gasteiger partial charge on any atom is 0.342 e. The summed E-state index contributed by atoms with van der Waals surface area (Å²) in [6.07, 6.45) is 18.2. The molecule has 4 nitrogen and oxygen atoms in total. The molecule has 149 valence electrons. The first-order chi connectivity index (χ1) is 12.1. The summed E-state index contributed by atoms with van der Waals surface area (Å²) in [4.78, 5) is 22.4. The van der Waals surface area contributed by atoms with Gasteiger partial charge < -0.3 is 9.84 Å². The number of esters is 2. The van der Waals surface area contributed by atoms with Gasteiger partial charge >= 0.3 is 11.9 Å². The van der Waals surface area contributed by atoms with Gasteiger partial charge in [-0.05, 0) is 13.3 Å². The Morgan fingerprint density at radius 1 is 0.731 bits per heavy atom. The van der Waals surface area contributed by atoms with E-state index in [9.17, 15) is 9.59 Å². The van der Waals surface area contributed by atoms with Crippen LogP contribution in [0.15, 0.2) is 0 Å². The second kappa shape index (κ2) is 21.4. The molecule has 1 unspecified atom stereocenters. The second-order valence-corrected chi connectivity index (χ2v) is 7.17. The predicted molar refractivity (Wildman–Crippen MR) is 108 cm³/mol. The van der Waals surface area contributed by atoms with Crippen molar-refractivity contribution in [1.29, 1.82) is 0 Å². The summed E-state index contributed by atoms with van der Waals surface area (Å²) in [5.74, 6) is -1.38. The van der Waals surface area contributed by atoms with Gasteiger partial charge in [-0.15, -0.1) is 0 Å². The van der Waals surface area contributed by atoms with Crippen molar-refractivity contribution in [1.82, 2.24) is 0 Å². The predicted octanol–water partition coefficient (Wildman–Crippen LogP) is 5.32. The summed E-state index contributed by atoms with van der Waals surface area (Å²) < 4.78 is 4.50. The maximum absolute atomic E-state index is 11.3. The van der Waals surface area contributed by atoms with E-state index < -0.39 is 18.0 Å². The van der Waals surface area contributed by atoms with E-state index in [0.717, 1.165) is 19.3 Å². The van der Waals surface area contributed by atoms with Gasteiger partial charge in [0.1, 0.15) is 6.10 Å². The van der Waals surface area contributed by atoms with Gasteiger partial charge in [0.15, 0.2) is 0 Å². The quantitative estimate of drug-likeness (QED) is 0.161. The summed E-state index contributed by atoms with van der Waals surface area (Å²) in [7, 11) is 0. The zero-order valence-corrected chi connectivity index (χ0v) is 19.6. The number of hydrogen-bond acceptors (Lipinski definition) is 4. The number of hydrogen-bond donors (Lipinski definition) is 1. The molecule has 0 aliphatic heterocycles. The van der Waals surface area contributed by atoms with Gasteiger partial charge in [0.2, 0.25) is 0 Å². The normalized spacial score (nSPS) is 11.7. The summed E-state index contributed by atoms with van der Waals surface area (Å²) in [6, 6.07) is 0. The molecule has 26 heavy (non-hydrogen) atoms. The van der Waals surface area contributed by atoms with Gasteiger partial charge in [0.25, 0.3) is 0 Å². The van der Waals surface area contributed by atoms with Crippen LogP contribution < -0.4 is 0 Å². The fourth-order valence-corrected chi connectivity index (χ4v) is 2.89. The van der Waals surface area contributed by atoms with Crippen molar-refractivity contribution in [3.05, 3.63) is 0 Å². The number of carbonyl (C=O) groups is 2. The van der Waals surface area contributed by atoms with Crippen molar-refractivity contribution < 1.29 is 19.4 Å². The summed E-state index contributed by atoms with van der Waals surface area (Å²) in [5, 5.41) is 8.95. The molecule has 0 bridgehead atoms. The van der Waals surface area contributed by atoms with Crippen molar-refractivity contribution in [3.8, 4) is 0 Å². The topological polar surface area (TPSA) is 63.6 Å². The first-order valence-corrected chi connectivity index (χ1v) is 10.5. The maximum atomic E-state index is 11.3. The molecule has 0 heterocycles. The molecular formula is C21H40NaO4. The second-order valence-electron chi connectivity index (χ2n) is 7.17. The van der Waals surface area contributed by atoms with E-state index >= 15 is 0 Å². The van der Waals surface area contributed by atoms with Crippen LogP contribution in [0.5, 0.6) is 0 Å². The molecule has 0 aromatic rings. The van der Waals surface area contributed by atoms with Crippen LogP contribution >= 0.6 is 0 Å². The minimum Gasteiger partial charge on any atom is -0.391 e. The third kappa shape index (κ3) is 20.4. The molecule has 0 aromatic heterocycles. The van der Waals surface area contributed by atoms with Crippen LogP contribution in [0.2, 0.25) is 0 Å². The number of unbranched alkanes of at least 4 members (excludes halogenated alkanes) is 14. The minimum atomic E-state index is -1.23. The number of aliphatic hydroxyl groups excluding tert-OH is 1. The Bertz CT molecular complexity index is 332. The monoisotopic (exact) mass is 379 g/mol. The van der Waals surface area contributed by atoms with Crippen LogP contribution in [0.1, 0.15) is 117 Å². The van der Waals surface area contributed by atoms with Gasteiger partial charge in [-0.25, -0.2) is 4.79 Å². The van der Waals surface area contributed by atoms with Gasteiger partial charge in [-0.2, -0.15) is 0 Å². The molecule has 0 rings (SSSR count). The fourth-order valence-electron chi connectivity index (χ4n) is 2.89. The Labute approximate surface area is 183 Å². The van der Waals surface area contributed by atoms with Crippen molar-refractivity contribution in [2.75, 3.05) is 0 Å². The van der Waals surface area contributed by atoms with Crippen LogP contribution in [0.25, 0.3) is 0 Å². The third-order valence-electron chi connectivity index (χ3n) is 4.54. The number of rotatable bonds is 17. The molecule has 1 atom stereocenters. The summed E-state index contributed by atoms with van der Waals surface area (Å²) >= 11 is 0. The molecule has 0 aliphatic rings. The third-order valence-corrected chi connectivity index (χ3v) is 4.54. The molecule has 0 amide bonds. The zero-order chi connectivity index (χ0) is 18.8. The van der Waals surface area contributed by atoms with Gasteiger partial charge in [-0.3, -0.25) is 4.79 Å². The number of aliphatic hydroxyl groups is 1. The number of carbonyl (C=O) groups excluding carboxylic acids is 2. The van der Waals surface area contributed by atoms with E-state index in [1.54, 1.807) is 0 Å². The average Bonchev–Trinajstić information content (AvgIpc) is 2.58. The largest absolute Gasteiger partial charge is 0.391 e. The SMILES string of the molecule is CCCCCCCCCCCCCCCCCC(=O)OC(=O)C(C)O.[Na]. The molecule has 0 spiro atoms. The van der Waals surface area contributed by atoms with E-state index in [1.807, 2.05) is 0 Å². The van der Waals surface area contributed by atoms with Crippen molar-refractivity contribution >= 4 is 41.5 Å². The fraction of sp³-hybridized carbons (Fsp3) is 0.905. The van der Waals surface area contributed by atoms with E-state index in [0.29, 0.717) is 0 Å². The van der Waals surface area contributed by atoms with Crippen LogP contribution in [0, 0.1) is 0 Å². The Kier molecular flexibility index (Phi) is 23.3. The summed E-state index contributed by atoms with van der Waals surface area (Å²) in [6.45, 7) is 3.55. The molecule has 0 saturated heterocycles. The van der Waals surface area contributed by atoms with Crippen molar-refractivity contribution in [2.45, 2.75) is 123 Å². The first kappa shape index (κ1) is 28.3. The van der Waals surface area contributed by atoms with Crippen LogP contribution in [0.4, 0.5) is 0 Å². The van der Waals surface area contributed by atoms with Gasteiger partial charge in [0.05, 0.1) is 0 Å². The molecule has 1 radical (unpaired) electrons. The van der Waals surface area contributed by atoms with E-state index in [2.05, 4.69) is 11.7 Å². The van der Waals surface area contributed by atoms with Crippen molar-refractivity contribution in [3.63, 3.8) is 0 Å². The Morgan fingerprint density at radius 2 is 1.08 bits per heavy atom. The van der Waals surface area contributed by atoms with Crippen molar-refractivity contribution in [2.24, 2.45) is 0 Å². The molecule has 5 heteroatoms. The standard InChI is InChI=1S/C21H40O4.Na/c1-3-4-5-6-7-8-9-10-11-12-13-14-15-16-17-18-20(23)25-21(24)19(2)22;/h19,22H,3-18H2,1-2H3;. The Balaban J connectivity index is 0. The zero-order valence-electron chi connectivity index (χ0n) is 17.6. The molecule has 1 N–H and O–H groups in total. The van der Waals surface area contributed by atoms with Crippen LogP contribution in [-0.4, -0.2) is 52.7 Å². The van der Waals surface area contributed by atoms with E-state index in [1.165, 1.54) is 84.0 Å². The molecule has 0 saturated carbocycles. The average molecular weight is 380 g/mol. The van der Waals surface area contributed by atoms with Gasteiger partial charge in [0, 0.05) is 36.0 Å². The van der Waals surface area contributed by atoms with Crippen LogP contribution in [-0.2, 0) is 14.3 Å².